The number of methoxy groups -OCH3 is 1. The van der Waals surface area contributed by atoms with Crippen molar-refractivity contribution in [3.8, 4) is 11.8 Å². The normalized spacial score (nSPS) is 20.7. The Bertz CT molecular complexity index is 840. The van der Waals surface area contributed by atoms with Crippen LogP contribution in [-0.2, 0) is 0 Å². The van der Waals surface area contributed by atoms with Gasteiger partial charge in [-0.1, -0.05) is 0 Å². The van der Waals surface area contributed by atoms with E-state index in [-0.39, 0.29) is 5.91 Å². The van der Waals surface area contributed by atoms with E-state index in [9.17, 15) is 10.1 Å². The fourth-order valence-corrected chi connectivity index (χ4v) is 3.32. The first-order valence-electron chi connectivity index (χ1n) is 8.12. The Morgan fingerprint density at radius 2 is 2.21 bits per heavy atom. The molecule has 0 N–H and O–H groups in total. The topological polar surface area (TPSA) is 66.2 Å². The summed E-state index contributed by atoms with van der Waals surface area (Å²) in [5.41, 5.74) is 1.72. The third kappa shape index (κ3) is 2.92. The lowest BCUT2D eigenvalue weighted by molar-refractivity contribution is 0.0632. The van der Waals surface area contributed by atoms with Gasteiger partial charge in [0.2, 0.25) is 0 Å². The fraction of sp³-hybridized carbons (Fsp3) is 0.421. The van der Waals surface area contributed by atoms with Gasteiger partial charge >= 0.3 is 0 Å². The average molecular weight is 323 g/mol. The third-order valence-electron chi connectivity index (χ3n) is 4.63. The van der Waals surface area contributed by atoms with E-state index in [1.807, 2.05) is 38.1 Å². The van der Waals surface area contributed by atoms with E-state index in [1.54, 1.807) is 12.0 Å². The molecule has 0 radical (unpaired) electrons. The van der Waals surface area contributed by atoms with Crippen molar-refractivity contribution in [3.63, 3.8) is 0 Å². The van der Waals surface area contributed by atoms with Crippen molar-refractivity contribution >= 4 is 16.8 Å². The Morgan fingerprint density at radius 3 is 2.92 bits per heavy atom. The highest BCUT2D eigenvalue weighted by Crippen LogP contribution is 2.31. The summed E-state index contributed by atoms with van der Waals surface area (Å²) >= 11 is 0. The summed E-state index contributed by atoms with van der Waals surface area (Å²) in [5.74, 6) is 0.686. The van der Waals surface area contributed by atoms with Gasteiger partial charge in [-0.05, 0) is 44.9 Å². The van der Waals surface area contributed by atoms with Crippen LogP contribution >= 0.6 is 0 Å². The van der Waals surface area contributed by atoms with Crippen LogP contribution in [0.2, 0.25) is 0 Å². The van der Waals surface area contributed by atoms with Crippen LogP contribution in [0.15, 0.2) is 24.3 Å². The van der Waals surface area contributed by atoms with Crippen LogP contribution in [0.4, 0.5) is 0 Å². The number of rotatable bonds is 2. The molecular formula is C19H21N3O2. The Labute approximate surface area is 141 Å². The molecule has 1 aliphatic heterocycles. The molecule has 1 saturated heterocycles. The number of aromatic nitrogens is 1. The molecule has 3 rings (SSSR count). The van der Waals surface area contributed by atoms with E-state index >= 15 is 0 Å². The number of amides is 1. The van der Waals surface area contributed by atoms with Gasteiger partial charge in [0.05, 0.1) is 29.7 Å². The van der Waals surface area contributed by atoms with Crippen LogP contribution in [0.1, 0.15) is 35.8 Å². The maximum atomic E-state index is 13.1. The maximum absolute atomic E-state index is 13.1. The van der Waals surface area contributed by atoms with Gasteiger partial charge in [-0.2, -0.15) is 5.26 Å². The Balaban J connectivity index is 2.02. The van der Waals surface area contributed by atoms with Crippen LogP contribution in [0, 0.1) is 23.7 Å². The first-order valence-corrected chi connectivity index (χ1v) is 8.12. The second-order valence-electron chi connectivity index (χ2n) is 6.70. The van der Waals surface area contributed by atoms with Crippen LogP contribution in [0.3, 0.4) is 0 Å². The number of hydrogen-bond donors (Lipinski definition) is 0. The number of fused-ring (bicyclic) bond motifs is 1. The minimum absolute atomic E-state index is 0.0307. The highest BCUT2D eigenvalue weighted by atomic mass is 16.5. The minimum atomic E-state index is -0.463. The van der Waals surface area contributed by atoms with E-state index in [0.29, 0.717) is 24.4 Å². The predicted octanol–water partition coefficient (Wildman–Crippen LogP) is 3.32. The highest BCUT2D eigenvalue weighted by Gasteiger charge is 2.34. The van der Waals surface area contributed by atoms with Crippen molar-refractivity contribution in [1.29, 1.82) is 5.26 Å². The number of likely N-dealkylation sites (tertiary alicyclic amines) is 1. The molecule has 0 saturated carbocycles. The summed E-state index contributed by atoms with van der Waals surface area (Å²) in [6.45, 7) is 4.97. The zero-order valence-electron chi connectivity index (χ0n) is 14.3. The van der Waals surface area contributed by atoms with Crippen molar-refractivity contribution in [3.05, 3.63) is 35.5 Å². The quantitative estimate of drug-likeness (QED) is 0.850. The lowest BCUT2D eigenvalue weighted by atomic mass is 9.83. The molecule has 1 aromatic heterocycles. The number of nitriles is 1. The first-order chi connectivity index (χ1) is 11.5. The number of aryl methyl sites for hydroxylation is 1. The molecule has 1 aliphatic rings. The molecule has 2 heterocycles. The van der Waals surface area contributed by atoms with E-state index in [1.165, 1.54) is 0 Å². The highest BCUT2D eigenvalue weighted by molar-refractivity contribution is 6.06. The molecule has 0 bridgehead atoms. The van der Waals surface area contributed by atoms with Gasteiger partial charge in [0.1, 0.15) is 5.75 Å². The van der Waals surface area contributed by atoms with Crippen molar-refractivity contribution in [2.75, 3.05) is 20.2 Å². The van der Waals surface area contributed by atoms with Gasteiger partial charge in [-0.15, -0.1) is 0 Å². The standard InChI is InChI=1S/C19H21N3O2/c1-13-9-16(15-6-5-14(24-3)10-17(15)21-13)18(23)22-8-4-7-19(2,11-20)12-22/h5-6,9-10H,4,7-8,12H2,1-3H3/t19-/m0/s1. The molecule has 5 nitrogen and oxygen atoms in total. The summed E-state index contributed by atoms with van der Waals surface area (Å²) in [6.07, 6.45) is 1.69. The van der Waals surface area contributed by atoms with Gasteiger partial charge in [0, 0.05) is 30.2 Å². The molecule has 1 amide bonds. The maximum Gasteiger partial charge on any atom is 0.254 e. The number of pyridine rings is 1. The molecule has 5 heteroatoms. The van der Waals surface area contributed by atoms with Gasteiger partial charge in [0.25, 0.3) is 5.91 Å². The molecule has 1 fully saturated rings. The Morgan fingerprint density at radius 1 is 1.42 bits per heavy atom. The molecule has 0 aliphatic carbocycles. The summed E-state index contributed by atoms with van der Waals surface area (Å²) < 4.78 is 5.25. The SMILES string of the molecule is COc1ccc2c(C(=O)N3CCC[C@@](C)(C#N)C3)cc(C)nc2c1. The van der Waals surface area contributed by atoms with Crippen molar-refractivity contribution in [2.24, 2.45) is 5.41 Å². The zero-order valence-corrected chi connectivity index (χ0v) is 14.3. The van der Waals surface area contributed by atoms with E-state index in [2.05, 4.69) is 11.1 Å². The zero-order chi connectivity index (χ0) is 17.3. The second-order valence-corrected chi connectivity index (χ2v) is 6.70. The van der Waals surface area contributed by atoms with Crippen molar-refractivity contribution in [1.82, 2.24) is 9.88 Å². The molecule has 2 aromatic rings. The van der Waals surface area contributed by atoms with Gasteiger partial charge < -0.3 is 9.64 Å². The molecule has 24 heavy (non-hydrogen) atoms. The van der Waals surface area contributed by atoms with Crippen molar-refractivity contribution < 1.29 is 9.53 Å². The molecule has 1 aromatic carbocycles. The smallest absolute Gasteiger partial charge is 0.254 e. The summed E-state index contributed by atoms with van der Waals surface area (Å²) in [4.78, 5) is 19.4. The average Bonchev–Trinajstić information content (AvgIpc) is 2.59. The third-order valence-corrected chi connectivity index (χ3v) is 4.63. The lowest BCUT2D eigenvalue weighted by Gasteiger charge is -2.36. The van der Waals surface area contributed by atoms with Crippen LogP contribution < -0.4 is 4.74 Å². The summed E-state index contributed by atoms with van der Waals surface area (Å²) in [5, 5.41) is 10.2. The Hall–Kier alpha value is -2.61. The number of nitrogens with zero attached hydrogens (tertiary/aromatic N) is 3. The minimum Gasteiger partial charge on any atom is -0.497 e. The monoisotopic (exact) mass is 323 g/mol. The number of ether oxygens (including phenoxy) is 1. The van der Waals surface area contributed by atoms with Crippen LogP contribution in [-0.4, -0.2) is 36.0 Å². The summed E-state index contributed by atoms with van der Waals surface area (Å²) in [6, 6.07) is 9.74. The van der Waals surface area contributed by atoms with E-state index < -0.39 is 5.41 Å². The van der Waals surface area contributed by atoms with Gasteiger partial charge in [-0.25, -0.2) is 0 Å². The lowest BCUT2D eigenvalue weighted by Crippen LogP contribution is -2.44. The largest absolute Gasteiger partial charge is 0.497 e. The number of benzene rings is 1. The van der Waals surface area contributed by atoms with Crippen LogP contribution in [0.5, 0.6) is 5.75 Å². The fourth-order valence-electron chi connectivity index (χ4n) is 3.32. The van der Waals surface area contributed by atoms with E-state index in [0.717, 1.165) is 29.4 Å². The molecule has 0 unspecified atom stereocenters. The molecule has 1 atom stereocenters. The first kappa shape index (κ1) is 16.3. The van der Waals surface area contributed by atoms with Crippen LogP contribution in [0.25, 0.3) is 10.9 Å². The molecule has 0 spiro atoms. The number of carbonyl (C=O) groups is 1. The Kier molecular flexibility index (Phi) is 4.15. The summed E-state index contributed by atoms with van der Waals surface area (Å²) in [7, 11) is 1.61. The van der Waals surface area contributed by atoms with Gasteiger partial charge in [-0.3, -0.25) is 9.78 Å². The van der Waals surface area contributed by atoms with Crippen molar-refractivity contribution in [2.45, 2.75) is 26.7 Å². The molecular weight excluding hydrogens is 302 g/mol. The number of piperidine rings is 1. The molecule has 124 valence electrons. The number of carbonyl (C=O) groups excluding carboxylic acids is 1. The van der Waals surface area contributed by atoms with Gasteiger partial charge in [0.15, 0.2) is 0 Å². The predicted molar refractivity (Wildman–Crippen MR) is 91.9 cm³/mol. The number of hydrogen-bond acceptors (Lipinski definition) is 4. The second kappa shape index (κ2) is 6.12. The van der Waals surface area contributed by atoms with E-state index in [4.69, 9.17) is 4.74 Å².